The lowest BCUT2D eigenvalue weighted by molar-refractivity contribution is 0.0874. The van der Waals surface area contributed by atoms with Gasteiger partial charge in [-0.15, -0.1) is 0 Å². The number of carbonyl (C=O) groups excluding carboxylic acids is 1. The topological polar surface area (TPSA) is 113 Å². The number of anilines is 1. The van der Waals surface area contributed by atoms with Gasteiger partial charge in [0.1, 0.15) is 11.5 Å². The van der Waals surface area contributed by atoms with Crippen molar-refractivity contribution < 1.29 is 14.6 Å². The molecule has 0 aliphatic heterocycles. The summed E-state index contributed by atoms with van der Waals surface area (Å²) in [5, 5.41) is 17.7. The van der Waals surface area contributed by atoms with Crippen LogP contribution in [0.2, 0.25) is 0 Å². The summed E-state index contributed by atoms with van der Waals surface area (Å²) in [5.41, 5.74) is 5.67. The first-order valence-electron chi connectivity index (χ1n) is 4.89. The Morgan fingerprint density at radius 3 is 3.06 bits per heavy atom. The second kappa shape index (κ2) is 6.09. The monoisotopic (exact) mass is 228 g/mol. The predicted molar refractivity (Wildman–Crippen MR) is 57.8 cm³/mol. The minimum Gasteiger partial charge on any atom is -0.396 e. The molecular weight excluding hydrogens is 212 g/mol. The van der Waals surface area contributed by atoms with Gasteiger partial charge >= 0.3 is 0 Å². The van der Waals surface area contributed by atoms with Crippen LogP contribution in [-0.4, -0.2) is 47.6 Å². The molecule has 5 N–H and O–H groups in total. The quantitative estimate of drug-likeness (QED) is 0.505. The molecule has 1 amide bonds. The Balaban J connectivity index is 2.54. The first-order chi connectivity index (χ1) is 7.67. The van der Waals surface area contributed by atoms with Gasteiger partial charge in [0.15, 0.2) is 0 Å². The SMILES string of the molecule is COCC(CCO)NC(=O)c1cc(N)n[nH]1. The predicted octanol–water partition coefficient (Wildman–Crippen LogP) is -0.881. The average molecular weight is 228 g/mol. The molecule has 16 heavy (non-hydrogen) atoms. The number of carbonyl (C=O) groups is 1. The maximum atomic E-state index is 11.6. The summed E-state index contributed by atoms with van der Waals surface area (Å²) in [6.07, 6.45) is 0.434. The Bertz CT molecular complexity index is 333. The summed E-state index contributed by atoms with van der Waals surface area (Å²) in [6, 6.07) is 1.21. The molecule has 0 spiro atoms. The highest BCUT2D eigenvalue weighted by Gasteiger charge is 2.14. The molecule has 0 aliphatic rings. The lowest BCUT2D eigenvalue weighted by atomic mass is 10.2. The van der Waals surface area contributed by atoms with Crippen molar-refractivity contribution in [3.8, 4) is 0 Å². The van der Waals surface area contributed by atoms with E-state index >= 15 is 0 Å². The van der Waals surface area contributed by atoms with Crippen molar-refractivity contribution in [3.05, 3.63) is 11.8 Å². The number of hydrogen-bond acceptors (Lipinski definition) is 5. The van der Waals surface area contributed by atoms with Crippen LogP contribution in [0.3, 0.4) is 0 Å². The van der Waals surface area contributed by atoms with Crippen LogP contribution in [0.25, 0.3) is 0 Å². The Morgan fingerprint density at radius 1 is 1.81 bits per heavy atom. The van der Waals surface area contributed by atoms with Gasteiger partial charge in [0.25, 0.3) is 5.91 Å². The number of methoxy groups -OCH3 is 1. The number of aliphatic hydroxyl groups excluding tert-OH is 1. The lowest BCUT2D eigenvalue weighted by Gasteiger charge is -2.15. The van der Waals surface area contributed by atoms with E-state index in [0.29, 0.717) is 13.0 Å². The third-order valence-corrected chi connectivity index (χ3v) is 2.02. The molecule has 0 aliphatic carbocycles. The highest BCUT2D eigenvalue weighted by molar-refractivity contribution is 5.93. The summed E-state index contributed by atoms with van der Waals surface area (Å²) in [7, 11) is 1.53. The number of aromatic nitrogens is 2. The Hall–Kier alpha value is -1.60. The van der Waals surface area contributed by atoms with Crippen LogP contribution in [0.1, 0.15) is 16.9 Å². The van der Waals surface area contributed by atoms with E-state index in [-0.39, 0.29) is 30.1 Å². The maximum absolute atomic E-state index is 11.6. The molecule has 0 bridgehead atoms. The van der Waals surface area contributed by atoms with Crippen molar-refractivity contribution in [2.45, 2.75) is 12.5 Å². The minimum atomic E-state index is -0.320. The van der Waals surface area contributed by atoms with Gasteiger partial charge in [-0.05, 0) is 6.42 Å². The third-order valence-electron chi connectivity index (χ3n) is 2.02. The van der Waals surface area contributed by atoms with Crippen molar-refractivity contribution >= 4 is 11.7 Å². The van der Waals surface area contributed by atoms with Crippen LogP contribution in [0.4, 0.5) is 5.82 Å². The van der Waals surface area contributed by atoms with Gasteiger partial charge in [0.05, 0.1) is 12.6 Å². The van der Waals surface area contributed by atoms with E-state index < -0.39 is 0 Å². The number of aliphatic hydroxyl groups is 1. The number of hydrogen-bond donors (Lipinski definition) is 4. The van der Waals surface area contributed by atoms with E-state index in [0.717, 1.165) is 0 Å². The van der Waals surface area contributed by atoms with Gasteiger partial charge in [-0.2, -0.15) is 5.10 Å². The fourth-order valence-corrected chi connectivity index (χ4v) is 1.27. The van der Waals surface area contributed by atoms with Crippen LogP contribution in [0.5, 0.6) is 0 Å². The molecule has 1 rings (SSSR count). The number of amides is 1. The highest BCUT2D eigenvalue weighted by atomic mass is 16.5. The van der Waals surface area contributed by atoms with Crippen molar-refractivity contribution in [1.29, 1.82) is 0 Å². The summed E-state index contributed by atoms with van der Waals surface area (Å²) >= 11 is 0. The summed E-state index contributed by atoms with van der Waals surface area (Å²) in [6.45, 7) is 0.329. The standard InChI is InChI=1S/C9H16N4O3/c1-16-5-6(2-3-14)11-9(15)7-4-8(10)13-12-7/h4,6,14H,2-3,5H2,1H3,(H,11,15)(H3,10,12,13). The van der Waals surface area contributed by atoms with E-state index in [9.17, 15) is 4.79 Å². The molecule has 0 saturated carbocycles. The highest BCUT2D eigenvalue weighted by Crippen LogP contribution is 2.01. The van der Waals surface area contributed by atoms with Gasteiger partial charge in [0.2, 0.25) is 0 Å². The number of nitrogens with two attached hydrogens (primary N) is 1. The molecule has 1 unspecified atom stereocenters. The lowest BCUT2D eigenvalue weighted by Crippen LogP contribution is -2.38. The van der Waals surface area contributed by atoms with Crippen molar-refractivity contribution in [1.82, 2.24) is 15.5 Å². The summed E-state index contributed by atoms with van der Waals surface area (Å²) < 4.78 is 4.92. The zero-order valence-electron chi connectivity index (χ0n) is 9.06. The van der Waals surface area contributed by atoms with E-state index in [1.54, 1.807) is 0 Å². The van der Waals surface area contributed by atoms with Gasteiger partial charge < -0.3 is 20.9 Å². The molecule has 1 aromatic heterocycles. The van der Waals surface area contributed by atoms with Crippen molar-refractivity contribution in [2.24, 2.45) is 0 Å². The first kappa shape index (κ1) is 12.5. The van der Waals surface area contributed by atoms with Crippen LogP contribution in [-0.2, 0) is 4.74 Å². The van der Waals surface area contributed by atoms with E-state index in [4.69, 9.17) is 15.6 Å². The molecule has 7 heteroatoms. The number of nitrogen functional groups attached to an aromatic ring is 1. The molecule has 0 radical (unpaired) electrons. The molecule has 0 fully saturated rings. The smallest absolute Gasteiger partial charge is 0.269 e. The largest absolute Gasteiger partial charge is 0.396 e. The van der Waals surface area contributed by atoms with E-state index in [1.165, 1.54) is 13.2 Å². The van der Waals surface area contributed by atoms with E-state index in [1.807, 2.05) is 0 Å². The van der Waals surface area contributed by atoms with Gasteiger partial charge in [-0.3, -0.25) is 9.89 Å². The van der Waals surface area contributed by atoms with Gasteiger partial charge in [0, 0.05) is 19.8 Å². The third kappa shape index (κ3) is 3.52. The number of ether oxygens (including phenoxy) is 1. The van der Waals surface area contributed by atoms with Crippen LogP contribution in [0, 0.1) is 0 Å². The average Bonchev–Trinajstić information content (AvgIpc) is 2.65. The molecule has 1 heterocycles. The van der Waals surface area contributed by atoms with Crippen LogP contribution < -0.4 is 11.1 Å². The van der Waals surface area contributed by atoms with Crippen LogP contribution in [0.15, 0.2) is 6.07 Å². The molecule has 0 saturated heterocycles. The summed E-state index contributed by atoms with van der Waals surface area (Å²) in [4.78, 5) is 11.6. The van der Waals surface area contributed by atoms with Crippen molar-refractivity contribution in [2.75, 3.05) is 26.1 Å². The normalized spacial score (nSPS) is 12.4. The molecule has 0 aromatic carbocycles. The molecule has 7 nitrogen and oxygen atoms in total. The fraction of sp³-hybridized carbons (Fsp3) is 0.556. The number of nitrogens with one attached hydrogen (secondary N) is 2. The second-order valence-electron chi connectivity index (χ2n) is 3.34. The molecule has 1 atom stereocenters. The van der Waals surface area contributed by atoms with Crippen LogP contribution >= 0.6 is 0 Å². The Labute approximate surface area is 93.0 Å². The Kier molecular flexibility index (Phi) is 4.74. The number of nitrogens with zero attached hydrogens (tertiary/aromatic N) is 1. The zero-order chi connectivity index (χ0) is 12.0. The molecular formula is C9H16N4O3. The fourth-order valence-electron chi connectivity index (χ4n) is 1.27. The Morgan fingerprint density at radius 2 is 2.56 bits per heavy atom. The zero-order valence-corrected chi connectivity index (χ0v) is 9.06. The maximum Gasteiger partial charge on any atom is 0.269 e. The second-order valence-corrected chi connectivity index (χ2v) is 3.34. The van der Waals surface area contributed by atoms with Crippen molar-refractivity contribution in [3.63, 3.8) is 0 Å². The molecule has 90 valence electrons. The van der Waals surface area contributed by atoms with Gasteiger partial charge in [-0.1, -0.05) is 0 Å². The number of H-pyrrole nitrogens is 1. The van der Waals surface area contributed by atoms with Gasteiger partial charge in [-0.25, -0.2) is 0 Å². The summed E-state index contributed by atoms with van der Waals surface area (Å²) in [5.74, 6) is -0.0599. The number of rotatable bonds is 6. The molecule has 1 aromatic rings. The minimum absolute atomic E-state index is 0.0145. The first-order valence-corrected chi connectivity index (χ1v) is 4.89. The van der Waals surface area contributed by atoms with E-state index in [2.05, 4.69) is 15.5 Å². The number of aromatic amines is 1.